The number of pyridine rings is 2. The zero-order valence-corrected chi connectivity index (χ0v) is 11.5. The van der Waals surface area contributed by atoms with Gasteiger partial charge in [0.05, 0.1) is 0 Å². The highest BCUT2D eigenvalue weighted by molar-refractivity contribution is 9.10. The molecule has 2 aromatic heterocycles. The first-order valence-corrected chi connectivity index (χ1v) is 6.52. The fourth-order valence-corrected chi connectivity index (χ4v) is 2.01. The molecule has 0 aliphatic heterocycles. The molecule has 4 nitrogen and oxygen atoms in total. The topological polar surface area (TPSA) is 63.8 Å². The molecule has 94 valence electrons. The number of nitrogens with two attached hydrogens (primary N) is 1. The number of halogens is 1. The second kappa shape index (κ2) is 6.58. The first-order valence-electron chi connectivity index (χ1n) is 5.73. The molecule has 18 heavy (non-hydrogen) atoms. The number of nitrogens with one attached hydrogen (secondary N) is 1. The molecule has 0 radical (unpaired) electrons. The second-order valence-electron chi connectivity index (χ2n) is 4.10. The van der Waals surface area contributed by atoms with E-state index in [1.807, 2.05) is 24.3 Å². The van der Waals surface area contributed by atoms with Crippen molar-refractivity contribution in [3.05, 3.63) is 58.6 Å². The zero-order chi connectivity index (χ0) is 12.8. The first-order chi connectivity index (χ1) is 8.78. The Morgan fingerprint density at radius 3 is 2.56 bits per heavy atom. The summed E-state index contributed by atoms with van der Waals surface area (Å²) in [5.41, 5.74) is 5.08. The van der Waals surface area contributed by atoms with E-state index in [-0.39, 0.29) is 6.04 Å². The van der Waals surface area contributed by atoms with Crippen LogP contribution in [0.2, 0.25) is 0 Å². The smallest absolute Gasteiger partial charge is 0.0420 e. The lowest BCUT2D eigenvalue weighted by atomic mass is 10.0. The molecule has 0 bridgehead atoms. The Morgan fingerprint density at radius 2 is 1.94 bits per heavy atom. The SMILES string of the molecule is NNC(Cc1ccncc1)Cc1ccc(Br)cn1. The molecule has 2 rings (SSSR count). The summed E-state index contributed by atoms with van der Waals surface area (Å²) in [6, 6.07) is 8.16. The minimum absolute atomic E-state index is 0.168. The Bertz CT molecular complexity index is 472. The van der Waals surface area contributed by atoms with Crippen LogP contribution in [0.1, 0.15) is 11.3 Å². The van der Waals surface area contributed by atoms with Crippen molar-refractivity contribution in [1.82, 2.24) is 15.4 Å². The van der Waals surface area contributed by atoms with Crippen LogP contribution < -0.4 is 11.3 Å². The van der Waals surface area contributed by atoms with Crippen molar-refractivity contribution in [2.75, 3.05) is 0 Å². The lowest BCUT2D eigenvalue weighted by Crippen LogP contribution is -2.38. The van der Waals surface area contributed by atoms with Crippen molar-refractivity contribution in [3.63, 3.8) is 0 Å². The summed E-state index contributed by atoms with van der Waals surface area (Å²) in [7, 11) is 0. The van der Waals surface area contributed by atoms with E-state index >= 15 is 0 Å². The van der Waals surface area contributed by atoms with Gasteiger partial charge >= 0.3 is 0 Å². The van der Waals surface area contributed by atoms with E-state index in [1.165, 1.54) is 5.56 Å². The molecule has 0 spiro atoms. The molecule has 0 fully saturated rings. The number of nitrogens with zero attached hydrogens (tertiary/aromatic N) is 2. The maximum Gasteiger partial charge on any atom is 0.0420 e. The molecule has 2 heterocycles. The highest BCUT2D eigenvalue weighted by Gasteiger charge is 2.09. The molecule has 0 amide bonds. The average Bonchev–Trinajstić information content (AvgIpc) is 2.41. The van der Waals surface area contributed by atoms with Crippen LogP contribution in [0.25, 0.3) is 0 Å². The van der Waals surface area contributed by atoms with Crippen molar-refractivity contribution in [3.8, 4) is 0 Å². The van der Waals surface area contributed by atoms with Crippen molar-refractivity contribution in [2.45, 2.75) is 18.9 Å². The van der Waals surface area contributed by atoms with Gasteiger partial charge in [-0.2, -0.15) is 0 Å². The highest BCUT2D eigenvalue weighted by atomic mass is 79.9. The molecule has 0 saturated carbocycles. The quantitative estimate of drug-likeness (QED) is 0.654. The summed E-state index contributed by atoms with van der Waals surface area (Å²) < 4.78 is 0.984. The van der Waals surface area contributed by atoms with Gasteiger partial charge in [0, 0.05) is 41.2 Å². The number of hydrazine groups is 1. The van der Waals surface area contributed by atoms with E-state index in [9.17, 15) is 0 Å². The summed E-state index contributed by atoms with van der Waals surface area (Å²) in [4.78, 5) is 8.36. The zero-order valence-electron chi connectivity index (χ0n) is 9.88. The van der Waals surface area contributed by atoms with Gasteiger partial charge in [0.25, 0.3) is 0 Å². The molecular formula is C13H15BrN4. The molecular weight excluding hydrogens is 292 g/mol. The highest BCUT2D eigenvalue weighted by Crippen LogP contribution is 2.10. The Labute approximate surface area is 115 Å². The third kappa shape index (κ3) is 3.87. The lowest BCUT2D eigenvalue weighted by Gasteiger charge is -2.15. The van der Waals surface area contributed by atoms with Gasteiger partial charge < -0.3 is 0 Å². The molecule has 0 aliphatic rings. The van der Waals surface area contributed by atoms with E-state index in [1.54, 1.807) is 18.6 Å². The predicted molar refractivity (Wildman–Crippen MR) is 74.7 cm³/mol. The van der Waals surface area contributed by atoms with Crippen molar-refractivity contribution < 1.29 is 0 Å². The summed E-state index contributed by atoms with van der Waals surface area (Å²) in [5, 5.41) is 0. The van der Waals surface area contributed by atoms with Crippen LogP contribution in [-0.4, -0.2) is 16.0 Å². The molecule has 3 N–H and O–H groups in total. The Hall–Kier alpha value is -1.30. The van der Waals surface area contributed by atoms with E-state index in [0.717, 1.165) is 23.0 Å². The fourth-order valence-electron chi connectivity index (χ4n) is 1.77. The van der Waals surface area contributed by atoms with Crippen LogP contribution in [0.4, 0.5) is 0 Å². The van der Waals surface area contributed by atoms with Crippen LogP contribution in [-0.2, 0) is 12.8 Å². The van der Waals surface area contributed by atoms with Crippen molar-refractivity contribution in [1.29, 1.82) is 0 Å². The predicted octanol–water partition coefficient (Wildman–Crippen LogP) is 1.86. The number of hydrogen-bond acceptors (Lipinski definition) is 4. The van der Waals surface area contributed by atoms with E-state index in [4.69, 9.17) is 5.84 Å². The summed E-state index contributed by atoms with van der Waals surface area (Å²) in [6.45, 7) is 0. The number of hydrogen-bond donors (Lipinski definition) is 2. The minimum Gasteiger partial charge on any atom is -0.271 e. The molecule has 1 unspecified atom stereocenters. The molecule has 1 atom stereocenters. The van der Waals surface area contributed by atoms with Crippen LogP contribution in [0.5, 0.6) is 0 Å². The van der Waals surface area contributed by atoms with Crippen LogP contribution in [0, 0.1) is 0 Å². The van der Waals surface area contributed by atoms with Crippen LogP contribution >= 0.6 is 15.9 Å². The maximum absolute atomic E-state index is 5.60. The van der Waals surface area contributed by atoms with Crippen LogP contribution in [0.15, 0.2) is 47.3 Å². The van der Waals surface area contributed by atoms with Gasteiger partial charge in [0.1, 0.15) is 0 Å². The number of rotatable bonds is 5. The standard InChI is InChI=1S/C13H15BrN4/c14-11-1-2-12(17-9-11)8-13(18-15)7-10-3-5-16-6-4-10/h1-6,9,13,18H,7-8,15H2. The van der Waals surface area contributed by atoms with Gasteiger partial charge in [0.2, 0.25) is 0 Å². The van der Waals surface area contributed by atoms with Gasteiger partial charge in [-0.3, -0.25) is 21.2 Å². The van der Waals surface area contributed by atoms with Gasteiger partial charge in [-0.15, -0.1) is 0 Å². The molecule has 0 aliphatic carbocycles. The first kappa shape index (κ1) is 13.1. The van der Waals surface area contributed by atoms with Gasteiger partial charge in [-0.05, 0) is 52.2 Å². The van der Waals surface area contributed by atoms with E-state index < -0.39 is 0 Å². The Balaban J connectivity index is 1.99. The number of aromatic nitrogens is 2. The van der Waals surface area contributed by atoms with E-state index in [0.29, 0.717) is 0 Å². The molecule has 5 heteroatoms. The summed E-state index contributed by atoms with van der Waals surface area (Å²) in [5.74, 6) is 5.60. The third-order valence-corrected chi connectivity index (χ3v) is 3.18. The lowest BCUT2D eigenvalue weighted by molar-refractivity contribution is 0.517. The molecule has 0 saturated heterocycles. The Kier molecular flexibility index (Phi) is 4.81. The van der Waals surface area contributed by atoms with Gasteiger partial charge in [0.15, 0.2) is 0 Å². The fraction of sp³-hybridized carbons (Fsp3) is 0.231. The Morgan fingerprint density at radius 1 is 1.17 bits per heavy atom. The van der Waals surface area contributed by atoms with Crippen LogP contribution in [0.3, 0.4) is 0 Å². The van der Waals surface area contributed by atoms with Crippen molar-refractivity contribution >= 4 is 15.9 Å². The summed E-state index contributed by atoms with van der Waals surface area (Å²) >= 11 is 3.37. The normalized spacial score (nSPS) is 12.3. The average molecular weight is 307 g/mol. The van der Waals surface area contributed by atoms with Crippen molar-refractivity contribution in [2.24, 2.45) is 5.84 Å². The molecule has 0 aromatic carbocycles. The molecule has 2 aromatic rings. The second-order valence-corrected chi connectivity index (χ2v) is 5.01. The van der Waals surface area contributed by atoms with E-state index in [2.05, 4.69) is 31.3 Å². The third-order valence-electron chi connectivity index (χ3n) is 2.71. The minimum atomic E-state index is 0.168. The monoisotopic (exact) mass is 306 g/mol. The maximum atomic E-state index is 5.60. The summed E-state index contributed by atoms with van der Waals surface area (Å²) in [6.07, 6.45) is 7.04. The van der Waals surface area contributed by atoms with Gasteiger partial charge in [-0.25, -0.2) is 0 Å². The van der Waals surface area contributed by atoms with Gasteiger partial charge in [-0.1, -0.05) is 0 Å². The largest absolute Gasteiger partial charge is 0.271 e.